The van der Waals surface area contributed by atoms with Gasteiger partial charge in [-0.05, 0) is 44.8 Å². The van der Waals surface area contributed by atoms with Gasteiger partial charge in [0.1, 0.15) is 5.75 Å². The summed E-state index contributed by atoms with van der Waals surface area (Å²) in [6.07, 6.45) is 0. The molecule has 1 heterocycles. The summed E-state index contributed by atoms with van der Waals surface area (Å²) in [7, 11) is 4.04. The zero-order valence-corrected chi connectivity index (χ0v) is 14.3. The summed E-state index contributed by atoms with van der Waals surface area (Å²) in [6, 6.07) is 9.10. The Balaban J connectivity index is 2.24. The van der Waals surface area contributed by atoms with Crippen LogP contribution in [0.15, 0.2) is 35.1 Å². The Labute approximate surface area is 139 Å². The van der Waals surface area contributed by atoms with E-state index in [1.165, 1.54) is 11.3 Å². The van der Waals surface area contributed by atoms with Gasteiger partial charge in [-0.3, -0.25) is 4.79 Å². The van der Waals surface area contributed by atoms with E-state index in [1.807, 2.05) is 33.2 Å². The molecule has 0 unspecified atom stereocenters. The largest absolute Gasteiger partial charge is 0.506 e. The van der Waals surface area contributed by atoms with Crippen molar-refractivity contribution >= 4 is 37.2 Å². The molecule has 0 spiro atoms. The van der Waals surface area contributed by atoms with Gasteiger partial charge >= 0.3 is 0 Å². The molecular formula is C18H20N2O2S. The van der Waals surface area contributed by atoms with E-state index in [0.29, 0.717) is 15.5 Å². The fourth-order valence-corrected chi connectivity index (χ4v) is 3.83. The summed E-state index contributed by atoms with van der Waals surface area (Å²) in [5.41, 5.74) is 1.88. The van der Waals surface area contributed by atoms with Crippen LogP contribution >= 0.6 is 11.3 Å². The van der Waals surface area contributed by atoms with Gasteiger partial charge in [0, 0.05) is 28.9 Å². The maximum Gasteiger partial charge on any atom is 0.198 e. The van der Waals surface area contributed by atoms with E-state index < -0.39 is 0 Å². The number of hydrogen-bond donors (Lipinski definition) is 2. The molecule has 0 bridgehead atoms. The normalized spacial score (nSPS) is 11.5. The highest BCUT2D eigenvalue weighted by Gasteiger charge is 2.13. The molecule has 4 nitrogen and oxygen atoms in total. The van der Waals surface area contributed by atoms with E-state index in [1.54, 1.807) is 18.2 Å². The van der Waals surface area contributed by atoms with Gasteiger partial charge in [0.2, 0.25) is 0 Å². The molecule has 3 rings (SSSR count). The third-order valence-electron chi connectivity index (χ3n) is 3.90. The Kier molecular flexibility index (Phi) is 4.24. The molecule has 0 radical (unpaired) electrons. The zero-order valence-electron chi connectivity index (χ0n) is 13.5. The number of benzene rings is 2. The van der Waals surface area contributed by atoms with E-state index >= 15 is 0 Å². The maximum absolute atomic E-state index is 13.0. The predicted octanol–water partition coefficient (Wildman–Crippen LogP) is 3.40. The standard InChI is InChI=1S/C18H20N2O2S/c1-11-7-8-13(19-9-10-20(2)3)15-16(22)12-5-4-6-14(21)18(12)23-17(11)15/h4-8,19,21H,9-10H2,1-3H3. The van der Waals surface area contributed by atoms with E-state index in [2.05, 4.69) is 10.2 Å². The first-order valence-corrected chi connectivity index (χ1v) is 8.37. The molecule has 120 valence electrons. The predicted molar refractivity (Wildman–Crippen MR) is 99.0 cm³/mol. The highest BCUT2D eigenvalue weighted by atomic mass is 32.1. The summed E-state index contributed by atoms with van der Waals surface area (Å²) < 4.78 is 1.58. The van der Waals surface area contributed by atoms with Crippen LogP contribution in [0.2, 0.25) is 0 Å². The monoisotopic (exact) mass is 328 g/mol. The minimum Gasteiger partial charge on any atom is -0.506 e. The summed E-state index contributed by atoms with van der Waals surface area (Å²) in [5.74, 6) is 0.164. The van der Waals surface area contributed by atoms with Crippen molar-refractivity contribution in [1.29, 1.82) is 0 Å². The fraction of sp³-hybridized carbons (Fsp3) is 0.278. The van der Waals surface area contributed by atoms with Crippen molar-refractivity contribution in [3.05, 3.63) is 46.1 Å². The summed E-state index contributed by atoms with van der Waals surface area (Å²) in [6.45, 7) is 3.66. The molecule has 3 aromatic rings. The van der Waals surface area contributed by atoms with Gasteiger partial charge in [-0.15, -0.1) is 11.3 Å². The van der Waals surface area contributed by atoms with Crippen LogP contribution in [-0.4, -0.2) is 37.2 Å². The van der Waals surface area contributed by atoms with Crippen LogP contribution in [0, 0.1) is 6.92 Å². The minimum absolute atomic E-state index is 0.0271. The number of aromatic hydroxyl groups is 1. The van der Waals surface area contributed by atoms with Gasteiger partial charge in [-0.2, -0.15) is 0 Å². The van der Waals surface area contributed by atoms with Gasteiger partial charge in [0.25, 0.3) is 0 Å². The second-order valence-electron chi connectivity index (χ2n) is 5.95. The van der Waals surface area contributed by atoms with Crippen LogP contribution in [0.4, 0.5) is 5.69 Å². The van der Waals surface area contributed by atoms with Crippen molar-refractivity contribution in [1.82, 2.24) is 4.90 Å². The maximum atomic E-state index is 13.0. The molecule has 2 N–H and O–H groups in total. The molecule has 0 fully saturated rings. The Morgan fingerprint density at radius 2 is 1.96 bits per heavy atom. The number of rotatable bonds is 4. The lowest BCUT2D eigenvalue weighted by atomic mass is 10.1. The number of nitrogens with one attached hydrogen (secondary N) is 1. The Hall–Kier alpha value is -2.11. The quantitative estimate of drug-likeness (QED) is 0.721. The van der Waals surface area contributed by atoms with Gasteiger partial charge in [-0.25, -0.2) is 0 Å². The molecular weight excluding hydrogens is 308 g/mol. The Bertz CT molecular complexity index is 932. The molecule has 5 heteroatoms. The molecule has 0 aliphatic carbocycles. The molecule has 1 aromatic heterocycles. The molecule has 0 saturated carbocycles. The van der Waals surface area contributed by atoms with Gasteiger partial charge < -0.3 is 15.3 Å². The van der Waals surface area contributed by atoms with Crippen LogP contribution in [0.5, 0.6) is 5.75 Å². The average Bonchev–Trinajstić information content (AvgIpc) is 2.51. The van der Waals surface area contributed by atoms with Crippen LogP contribution in [0.1, 0.15) is 5.56 Å². The van der Waals surface area contributed by atoms with Crippen molar-refractivity contribution in [2.75, 3.05) is 32.5 Å². The molecule has 0 amide bonds. The van der Waals surface area contributed by atoms with Crippen molar-refractivity contribution < 1.29 is 5.11 Å². The molecule has 23 heavy (non-hydrogen) atoms. The van der Waals surface area contributed by atoms with Gasteiger partial charge in [0.05, 0.1) is 10.1 Å². The molecule has 0 saturated heterocycles. The second-order valence-corrected chi connectivity index (χ2v) is 6.97. The van der Waals surface area contributed by atoms with E-state index in [4.69, 9.17) is 0 Å². The number of fused-ring (bicyclic) bond motifs is 2. The number of aryl methyl sites for hydroxylation is 1. The Morgan fingerprint density at radius 1 is 1.17 bits per heavy atom. The van der Waals surface area contributed by atoms with E-state index in [0.717, 1.165) is 29.0 Å². The van der Waals surface area contributed by atoms with E-state index in [9.17, 15) is 9.90 Å². The highest BCUT2D eigenvalue weighted by Crippen LogP contribution is 2.35. The number of phenolic OH excluding ortho intramolecular Hbond substituents is 1. The average molecular weight is 328 g/mol. The third kappa shape index (κ3) is 2.90. The zero-order chi connectivity index (χ0) is 16.6. The number of likely N-dealkylation sites (N-methyl/N-ethyl adjacent to an activating group) is 1. The lowest BCUT2D eigenvalue weighted by molar-refractivity contribution is 0.425. The van der Waals surface area contributed by atoms with Gasteiger partial charge in [-0.1, -0.05) is 12.1 Å². The minimum atomic E-state index is -0.0271. The number of hydrogen-bond acceptors (Lipinski definition) is 5. The number of phenols is 1. The van der Waals surface area contributed by atoms with Crippen molar-refractivity contribution in [2.24, 2.45) is 0 Å². The first-order valence-electron chi connectivity index (χ1n) is 7.55. The molecule has 2 aromatic carbocycles. The van der Waals surface area contributed by atoms with Gasteiger partial charge in [0.15, 0.2) is 5.43 Å². The third-order valence-corrected chi connectivity index (χ3v) is 5.26. The van der Waals surface area contributed by atoms with Crippen molar-refractivity contribution in [3.63, 3.8) is 0 Å². The summed E-state index contributed by atoms with van der Waals surface area (Å²) >= 11 is 1.47. The lowest BCUT2D eigenvalue weighted by Crippen LogP contribution is -2.21. The van der Waals surface area contributed by atoms with Crippen molar-refractivity contribution in [3.8, 4) is 5.75 Å². The molecule has 0 atom stereocenters. The topological polar surface area (TPSA) is 52.6 Å². The summed E-state index contributed by atoms with van der Waals surface area (Å²) in [5, 5.41) is 14.7. The molecule has 0 aliphatic rings. The SMILES string of the molecule is Cc1ccc(NCCN(C)C)c2c(=O)c3cccc(O)c3sc12. The number of anilines is 1. The first-order chi connectivity index (χ1) is 11.0. The number of nitrogens with zero attached hydrogens (tertiary/aromatic N) is 1. The molecule has 0 aliphatic heterocycles. The van der Waals surface area contributed by atoms with E-state index in [-0.39, 0.29) is 11.2 Å². The van der Waals surface area contributed by atoms with Crippen LogP contribution in [0.3, 0.4) is 0 Å². The van der Waals surface area contributed by atoms with Crippen LogP contribution in [0.25, 0.3) is 20.2 Å². The summed E-state index contributed by atoms with van der Waals surface area (Å²) in [4.78, 5) is 15.1. The lowest BCUT2D eigenvalue weighted by Gasteiger charge is -2.14. The van der Waals surface area contributed by atoms with Crippen LogP contribution < -0.4 is 10.7 Å². The second kappa shape index (κ2) is 6.18. The first kappa shape index (κ1) is 15.8. The Morgan fingerprint density at radius 3 is 2.70 bits per heavy atom. The van der Waals surface area contributed by atoms with Crippen LogP contribution in [-0.2, 0) is 0 Å². The van der Waals surface area contributed by atoms with Crippen molar-refractivity contribution in [2.45, 2.75) is 6.92 Å². The fourth-order valence-electron chi connectivity index (χ4n) is 2.65. The smallest absolute Gasteiger partial charge is 0.198 e. The highest BCUT2D eigenvalue weighted by molar-refractivity contribution is 7.25.